The van der Waals surface area contributed by atoms with E-state index in [0.717, 1.165) is 30.7 Å². The number of nitrogens with zero attached hydrogens (tertiary/aromatic N) is 4. The van der Waals surface area contributed by atoms with Crippen LogP contribution in [-0.4, -0.2) is 62.3 Å². The Kier molecular flexibility index (Phi) is 5.57. The van der Waals surface area contributed by atoms with Crippen LogP contribution in [0.15, 0.2) is 28.8 Å². The smallest absolute Gasteiger partial charge is 0.435 e. The van der Waals surface area contributed by atoms with Crippen LogP contribution >= 0.6 is 0 Å². The lowest BCUT2D eigenvalue weighted by Crippen LogP contribution is -2.35. The first-order valence-corrected chi connectivity index (χ1v) is 10.5. The zero-order valence-electron chi connectivity index (χ0n) is 18.0. The highest BCUT2D eigenvalue weighted by Gasteiger charge is 2.41. The molecule has 13 heteroatoms. The maximum absolute atomic E-state index is 13.2. The third-order valence-corrected chi connectivity index (χ3v) is 5.39. The van der Waals surface area contributed by atoms with E-state index in [2.05, 4.69) is 35.4 Å². The highest BCUT2D eigenvalue weighted by molar-refractivity contribution is 6.04. The number of hydrogen-bond donors (Lipinski definition) is 3. The number of amides is 1. The van der Waals surface area contributed by atoms with Gasteiger partial charge in [-0.2, -0.15) is 18.3 Å². The minimum atomic E-state index is -4.83. The molecule has 0 saturated carbocycles. The van der Waals surface area contributed by atoms with Crippen LogP contribution in [0.1, 0.15) is 27.7 Å². The van der Waals surface area contributed by atoms with Crippen LogP contribution in [0.3, 0.4) is 0 Å². The lowest BCUT2D eigenvalue weighted by Gasteiger charge is -2.26. The fourth-order valence-electron chi connectivity index (χ4n) is 3.80. The summed E-state index contributed by atoms with van der Waals surface area (Å²) in [6.07, 6.45) is -3.55. The molecule has 0 unspecified atom stereocenters. The fourth-order valence-corrected chi connectivity index (χ4v) is 3.80. The molecule has 1 amide bonds. The van der Waals surface area contributed by atoms with E-state index in [-0.39, 0.29) is 11.6 Å². The SMILES string of the molecule is Cc1nc(C(F)(F)F)c(C(=O)Nc2cn[nH]c2-c2nc3ccc(CN4CCOCC4)cc3[nH]2)o1. The van der Waals surface area contributed by atoms with Gasteiger partial charge in [0.1, 0.15) is 5.69 Å². The first kappa shape index (κ1) is 22.1. The molecule has 0 bridgehead atoms. The maximum Gasteiger partial charge on any atom is 0.437 e. The minimum absolute atomic E-state index is 0.139. The van der Waals surface area contributed by atoms with Crippen LogP contribution in [0.25, 0.3) is 22.6 Å². The number of anilines is 1. The van der Waals surface area contributed by atoms with E-state index in [1.807, 2.05) is 18.2 Å². The molecule has 1 aliphatic heterocycles. The zero-order valence-corrected chi connectivity index (χ0v) is 18.0. The molecule has 0 spiro atoms. The number of fused-ring (bicyclic) bond motifs is 1. The third-order valence-electron chi connectivity index (χ3n) is 5.39. The van der Waals surface area contributed by atoms with Gasteiger partial charge >= 0.3 is 6.18 Å². The second-order valence-corrected chi connectivity index (χ2v) is 7.85. The topological polar surface area (TPSA) is 125 Å². The molecule has 0 atom stereocenters. The van der Waals surface area contributed by atoms with Crippen molar-refractivity contribution in [3.05, 3.63) is 47.3 Å². The molecular weight excluding hydrogens is 455 g/mol. The second kappa shape index (κ2) is 8.57. The Morgan fingerprint density at radius 2 is 2.03 bits per heavy atom. The molecule has 5 rings (SSSR count). The van der Waals surface area contributed by atoms with Gasteiger partial charge in [-0.05, 0) is 17.7 Å². The molecule has 1 saturated heterocycles. The molecule has 1 fully saturated rings. The van der Waals surface area contributed by atoms with Crippen molar-refractivity contribution in [1.29, 1.82) is 0 Å². The van der Waals surface area contributed by atoms with Gasteiger partial charge in [-0.3, -0.25) is 14.8 Å². The molecule has 4 heterocycles. The Labute approximate surface area is 190 Å². The average molecular weight is 475 g/mol. The fraction of sp³-hybridized carbons (Fsp3) is 0.333. The predicted octanol–water partition coefficient (Wildman–Crippen LogP) is 3.35. The van der Waals surface area contributed by atoms with Gasteiger partial charge in [0.25, 0.3) is 5.91 Å². The van der Waals surface area contributed by atoms with E-state index >= 15 is 0 Å². The summed E-state index contributed by atoms with van der Waals surface area (Å²) in [6.45, 7) is 5.16. The van der Waals surface area contributed by atoms with Gasteiger partial charge in [0.2, 0.25) is 5.76 Å². The molecule has 4 aromatic rings. The summed E-state index contributed by atoms with van der Waals surface area (Å²) >= 11 is 0. The van der Waals surface area contributed by atoms with Crippen LogP contribution in [0, 0.1) is 6.92 Å². The number of H-pyrrole nitrogens is 2. The summed E-state index contributed by atoms with van der Waals surface area (Å²) in [7, 11) is 0. The first-order chi connectivity index (χ1) is 16.3. The highest BCUT2D eigenvalue weighted by Crippen LogP contribution is 2.33. The van der Waals surface area contributed by atoms with Crippen molar-refractivity contribution in [2.45, 2.75) is 19.6 Å². The van der Waals surface area contributed by atoms with Gasteiger partial charge in [-0.25, -0.2) is 9.97 Å². The number of oxazole rings is 1. The van der Waals surface area contributed by atoms with E-state index in [4.69, 9.17) is 9.15 Å². The zero-order chi connectivity index (χ0) is 23.9. The van der Waals surface area contributed by atoms with E-state index in [0.29, 0.717) is 30.2 Å². The number of aryl methyl sites for hydroxylation is 1. The van der Waals surface area contributed by atoms with E-state index in [9.17, 15) is 18.0 Å². The van der Waals surface area contributed by atoms with Crippen LogP contribution in [0.5, 0.6) is 0 Å². The lowest BCUT2D eigenvalue weighted by molar-refractivity contribution is -0.141. The molecule has 0 aliphatic carbocycles. The number of halogens is 3. The van der Waals surface area contributed by atoms with Crippen molar-refractivity contribution < 1.29 is 27.1 Å². The normalized spacial score (nSPS) is 15.2. The van der Waals surface area contributed by atoms with E-state index < -0.39 is 23.5 Å². The molecule has 1 aromatic carbocycles. The summed E-state index contributed by atoms with van der Waals surface area (Å²) < 4.78 is 49.9. The van der Waals surface area contributed by atoms with Crippen LogP contribution in [0.4, 0.5) is 18.9 Å². The summed E-state index contributed by atoms with van der Waals surface area (Å²) in [5, 5.41) is 9.02. The summed E-state index contributed by atoms with van der Waals surface area (Å²) in [5.74, 6) is -1.92. The minimum Gasteiger partial charge on any atom is -0.435 e. The monoisotopic (exact) mass is 475 g/mol. The summed E-state index contributed by atoms with van der Waals surface area (Å²) in [4.78, 5) is 25.8. The molecular formula is C21H20F3N7O3. The van der Waals surface area contributed by atoms with Crippen molar-refractivity contribution in [3.63, 3.8) is 0 Å². The summed E-state index contributed by atoms with van der Waals surface area (Å²) in [5.41, 5.74) is 1.63. The number of ether oxygens (including phenoxy) is 1. The molecule has 0 radical (unpaired) electrons. The number of nitrogens with one attached hydrogen (secondary N) is 3. The Hall–Kier alpha value is -3.71. The number of carbonyl (C=O) groups is 1. The number of hydrogen-bond acceptors (Lipinski definition) is 7. The number of alkyl halides is 3. The molecule has 1 aliphatic rings. The van der Waals surface area contributed by atoms with Crippen molar-refractivity contribution in [2.24, 2.45) is 0 Å². The number of imidazole rings is 1. The Balaban J connectivity index is 1.38. The lowest BCUT2D eigenvalue weighted by atomic mass is 10.2. The van der Waals surface area contributed by atoms with Gasteiger partial charge in [-0.15, -0.1) is 0 Å². The number of aromatic amines is 2. The molecule has 178 valence electrons. The molecule has 10 nitrogen and oxygen atoms in total. The van der Waals surface area contributed by atoms with E-state index in [1.54, 1.807) is 0 Å². The van der Waals surface area contributed by atoms with Gasteiger partial charge < -0.3 is 19.5 Å². The predicted molar refractivity (Wildman–Crippen MR) is 114 cm³/mol. The van der Waals surface area contributed by atoms with Crippen molar-refractivity contribution in [3.8, 4) is 11.5 Å². The number of aromatic nitrogens is 5. The maximum atomic E-state index is 13.2. The second-order valence-electron chi connectivity index (χ2n) is 7.85. The van der Waals surface area contributed by atoms with Crippen LogP contribution in [-0.2, 0) is 17.5 Å². The standard InChI is InChI=1S/C21H20F3N7O3/c1-11-26-18(21(22,23)24)17(34-11)20(32)29-15-9-25-30-16(15)19-27-13-3-2-12(8-14(13)28-19)10-31-4-6-33-7-5-31/h2-3,8-9H,4-7,10H2,1H3,(H,25,30)(H,27,28)(H,29,32). The number of carbonyl (C=O) groups excluding carboxylic acids is 1. The number of benzene rings is 1. The number of morpholine rings is 1. The molecule has 3 N–H and O–H groups in total. The first-order valence-electron chi connectivity index (χ1n) is 10.5. The van der Waals surface area contributed by atoms with Gasteiger partial charge in [0, 0.05) is 26.6 Å². The molecule has 3 aromatic heterocycles. The summed E-state index contributed by atoms with van der Waals surface area (Å²) in [6, 6.07) is 5.86. The largest absolute Gasteiger partial charge is 0.437 e. The number of rotatable bonds is 5. The molecule has 34 heavy (non-hydrogen) atoms. The van der Waals surface area contributed by atoms with Crippen molar-refractivity contribution in [1.82, 2.24) is 30.0 Å². The van der Waals surface area contributed by atoms with Crippen molar-refractivity contribution >= 4 is 22.6 Å². The van der Waals surface area contributed by atoms with Gasteiger partial charge in [-0.1, -0.05) is 6.07 Å². The Morgan fingerprint density at radius 3 is 2.79 bits per heavy atom. The highest BCUT2D eigenvalue weighted by atomic mass is 19.4. The quantitative estimate of drug-likeness (QED) is 0.404. The van der Waals surface area contributed by atoms with Gasteiger partial charge in [0.05, 0.1) is 36.1 Å². The van der Waals surface area contributed by atoms with Gasteiger partial charge in [0.15, 0.2) is 17.4 Å². The third kappa shape index (κ3) is 4.39. The van der Waals surface area contributed by atoms with E-state index in [1.165, 1.54) is 13.1 Å². The van der Waals surface area contributed by atoms with Crippen LogP contribution < -0.4 is 5.32 Å². The Bertz CT molecular complexity index is 1340. The Morgan fingerprint density at radius 1 is 1.24 bits per heavy atom. The van der Waals surface area contributed by atoms with Crippen molar-refractivity contribution in [2.75, 3.05) is 31.6 Å². The van der Waals surface area contributed by atoms with Crippen LogP contribution in [0.2, 0.25) is 0 Å². The average Bonchev–Trinajstić information content (AvgIpc) is 3.51.